The summed E-state index contributed by atoms with van der Waals surface area (Å²) in [7, 11) is 2.28. The molecule has 36 heavy (non-hydrogen) atoms. The summed E-state index contributed by atoms with van der Waals surface area (Å²) in [6.45, 7) is 1.56. The van der Waals surface area contributed by atoms with E-state index in [-0.39, 0.29) is 23.4 Å². The van der Waals surface area contributed by atoms with Crippen molar-refractivity contribution >= 4 is 24.0 Å². The SMILES string of the molecule is CCOC(=O)C1(C#N)[C@H](c2ccc(F)cc2)C(C(=O)OC)=C(C(=O)OC)N2C=Cc3ccccc3[C@@H]21. The Hall–Kier alpha value is -4.45. The molecule has 0 radical (unpaired) electrons. The Morgan fingerprint density at radius 2 is 1.72 bits per heavy atom. The Morgan fingerprint density at radius 1 is 1.06 bits per heavy atom. The number of nitrogens with zero attached hydrogens (tertiary/aromatic N) is 2. The lowest BCUT2D eigenvalue weighted by Crippen LogP contribution is -2.55. The number of hydrogen-bond acceptors (Lipinski definition) is 8. The quantitative estimate of drug-likeness (QED) is 0.462. The maximum Gasteiger partial charge on any atom is 0.355 e. The second kappa shape index (κ2) is 9.66. The van der Waals surface area contributed by atoms with E-state index in [1.165, 1.54) is 23.2 Å². The van der Waals surface area contributed by atoms with Crippen molar-refractivity contribution in [1.82, 2.24) is 4.90 Å². The molecule has 2 aliphatic rings. The van der Waals surface area contributed by atoms with E-state index in [1.807, 2.05) is 0 Å². The predicted molar refractivity (Wildman–Crippen MR) is 125 cm³/mol. The van der Waals surface area contributed by atoms with Crippen molar-refractivity contribution in [3.63, 3.8) is 0 Å². The van der Waals surface area contributed by atoms with Gasteiger partial charge < -0.3 is 19.1 Å². The number of esters is 3. The number of carbonyl (C=O) groups is 3. The smallest absolute Gasteiger partial charge is 0.355 e. The van der Waals surface area contributed by atoms with Crippen molar-refractivity contribution < 1.29 is 33.0 Å². The van der Waals surface area contributed by atoms with Crippen LogP contribution in [0.5, 0.6) is 0 Å². The molecular weight excluding hydrogens is 467 g/mol. The molecule has 0 fully saturated rings. The normalized spacial score (nSPS) is 22.1. The summed E-state index contributed by atoms with van der Waals surface area (Å²) >= 11 is 0. The molecule has 0 spiro atoms. The van der Waals surface area contributed by atoms with E-state index in [4.69, 9.17) is 14.2 Å². The van der Waals surface area contributed by atoms with Crippen molar-refractivity contribution in [3.05, 3.63) is 88.5 Å². The van der Waals surface area contributed by atoms with E-state index in [9.17, 15) is 24.0 Å². The van der Waals surface area contributed by atoms with Crippen LogP contribution in [0.1, 0.15) is 35.6 Å². The van der Waals surface area contributed by atoms with Crippen molar-refractivity contribution in [2.24, 2.45) is 5.41 Å². The van der Waals surface area contributed by atoms with Crippen LogP contribution in [0.15, 0.2) is 66.0 Å². The molecule has 9 heteroatoms. The Balaban J connectivity index is 2.20. The van der Waals surface area contributed by atoms with Crippen LogP contribution < -0.4 is 0 Å². The van der Waals surface area contributed by atoms with Crippen molar-refractivity contribution in [2.75, 3.05) is 20.8 Å². The van der Waals surface area contributed by atoms with Gasteiger partial charge >= 0.3 is 17.9 Å². The molecule has 0 aromatic heterocycles. The minimum absolute atomic E-state index is 0.0380. The molecular formula is C27H23FN2O6. The van der Waals surface area contributed by atoms with Crippen LogP contribution in [-0.4, -0.2) is 43.6 Å². The molecule has 2 heterocycles. The highest BCUT2D eigenvalue weighted by atomic mass is 19.1. The van der Waals surface area contributed by atoms with Gasteiger partial charge in [-0.25, -0.2) is 14.0 Å². The van der Waals surface area contributed by atoms with Gasteiger partial charge in [0, 0.05) is 6.20 Å². The highest BCUT2D eigenvalue weighted by molar-refractivity contribution is 6.04. The molecule has 184 valence electrons. The highest BCUT2D eigenvalue weighted by Gasteiger charge is 2.64. The van der Waals surface area contributed by atoms with E-state index in [2.05, 4.69) is 6.07 Å². The van der Waals surface area contributed by atoms with Gasteiger partial charge in [-0.3, -0.25) is 4.79 Å². The van der Waals surface area contributed by atoms with Crippen LogP contribution in [0.2, 0.25) is 0 Å². The molecule has 1 unspecified atom stereocenters. The van der Waals surface area contributed by atoms with Gasteiger partial charge in [-0.1, -0.05) is 36.4 Å². The lowest BCUT2D eigenvalue weighted by Gasteiger charge is -2.50. The number of hydrogen-bond donors (Lipinski definition) is 0. The van der Waals surface area contributed by atoms with Gasteiger partial charge in [-0.15, -0.1) is 0 Å². The second-order valence-electron chi connectivity index (χ2n) is 8.19. The maximum absolute atomic E-state index is 13.9. The van der Waals surface area contributed by atoms with Crippen molar-refractivity contribution in [3.8, 4) is 6.07 Å². The molecule has 0 bridgehead atoms. The fourth-order valence-electron chi connectivity index (χ4n) is 5.01. The zero-order valence-electron chi connectivity index (χ0n) is 19.9. The third-order valence-electron chi connectivity index (χ3n) is 6.46. The first-order valence-corrected chi connectivity index (χ1v) is 11.2. The van der Waals surface area contributed by atoms with E-state index < -0.39 is 41.1 Å². The lowest BCUT2D eigenvalue weighted by atomic mass is 9.59. The van der Waals surface area contributed by atoms with Gasteiger partial charge in [0.25, 0.3) is 0 Å². The molecule has 2 aromatic carbocycles. The standard InChI is InChI=1S/C27H23FN2O6/c1-4-36-26(33)27(15-29)21(17-9-11-18(28)12-10-17)20(24(31)34-2)22(25(32)35-3)30-14-13-16-7-5-6-8-19(16)23(27)30/h5-14,21,23H,4H2,1-3H3/t21-,23-,27?/m1/s1. The van der Waals surface area contributed by atoms with E-state index in [0.29, 0.717) is 11.1 Å². The summed E-state index contributed by atoms with van der Waals surface area (Å²) in [6.07, 6.45) is 3.23. The molecule has 2 aromatic rings. The fraction of sp³-hybridized carbons (Fsp3) is 0.259. The first-order valence-electron chi connectivity index (χ1n) is 11.2. The largest absolute Gasteiger partial charge is 0.466 e. The van der Waals surface area contributed by atoms with Gasteiger partial charge in [0.1, 0.15) is 11.5 Å². The van der Waals surface area contributed by atoms with Gasteiger partial charge in [-0.2, -0.15) is 5.26 Å². The molecule has 0 N–H and O–H groups in total. The van der Waals surface area contributed by atoms with Crippen LogP contribution >= 0.6 is 0 Å². The third-order valence-corrected chi connectivity index (χ3v) is 6.46. The molecule has 0 aliphatic carbocycles. The third kappa shape index (κ3) is 3.62. The first-order chi connectivity index (χ1) is 17.3. The van der Waals surface area contributed by atoms with Crippen molar-refractivity contribution in [1.29, 1.82) is 5.26 Å². The van der Waals surface area contributed by atoms with Crippen LogP contribution in [-0.2, 0) is 28.6 Å². The molecule has 0 saturated carbocycles. The number of benzene rings is 2. The zero-order valence-corrected chi connectivity index (χ0v) is 19.9. The van der Waals surface area contributed by atoms with Gasteiger partial charge in [-0.05, 0) is 41.8 Å². The maximum atomic E-state index is 13.9. The van der Waals surface area contributed by atoms with Gasteiger partial charge in [0.15, 0.2) is 5.41 Å². The average molecular weight is 490 g/mol. The molecule has 2 aliphatic heterocycles. The second-order valence-corrected chi connectivity index (χ2v) is 8.19. The zero-order chi connectivity index (χ0) is 26.0. The molecule has 8 nitrogen and oxygen atoms in total. The summed E-state index contributed by atoms with van der Waals surface area (Å²) in [5, 5.41) is 10.8. The number of carbonyl (C=O) groups excluding carboxylic acids is 3. The summed E-state index contributed by atoms with van der Waals surface area (Å²) in [5.74, 6) is -4.62. The molecule has 4 rings (SSSR count). The van der Waals surface area contributed by atoms with Crippen LogP contribution in [0, 0.1) is 22.6 Å². The average Bonchev–Trinajstić information content (AvgIpc) is 2.91. The van der Waals surface area contributed by atoms with E-state index >= 15 is 0 Å². The fourth-order valence-corrected chi connectivity index (χ4v) is 5.01. The van der Waals surface area contributed by atoms with Crippen LogP contribution in [0.25, 0.3) is 6.08 Å². The predicted octanol–water partition coefficient (Wildman–Crippen LogP) is 3.62. The number of ether oxygens (including phenoxy) is 3. The van der Waals surface area contributed by atoms with E-state index in [1.54, 1.807) is 37.3 Å². The van der Waals surface area contributed by atoms with Crippen LogP contribution in [0.4, 0.5) is 4.39 Å². The number of fused-ring (bicyclic) bond motifs is 3. The number of methoxy groups -OCH3 is 2. The number of rotatable bonds is 5. The topological polar surface area (TPSA) is 106 Å². The number of halogens is 1. The Labute approximate surface area is 207 Å². The Kier molecular flexibility index (Phi) is 6.62. The molecule has 0 amide bonds. The summed E-state index contributed by atoms with van der Waals surface area (Å²) in [6, 6.07) is 13.2. The number of nitriles is 1. The van der Waals surface area contributed by atoms with E-state index in [0.717, 1.165) is 26.4 Å². The van der Waals surface area contributed by atoms with Gasteiger partial charge in [0.05, 0.1) is 44.4 Å². The van der Waals surface area contributed by atoms with Gasteiger partial charge in [0.2, 0.25) is 0 Å². The first kappa shape index (κ1) is 24.7. The summed E-state index contributed by atoms with van der Waals surface area (Å²) in [5.41, 5.74) is -1.01. The highest BCUT2D eigenvalue weighted by Crippen LogP contribution is 2.59. The Bertz CT molecular complexity index is 1330. The molecule has 3 atom stereocenters. The van der Waals surface area contributed by atoms with Crippen LogP contribution in [0.3, 0.4) is 0 Å². The van der Waals surface area contributed by atoms with Crippen molar-refractivity contribution in [2.45, 2.75) is 18.9 Å². The monoisotopic (exact) mass is 490 g/mol. The molecule has 0 saturated heterocycles. The minimum Gasteiger partial charge on any atom is -0.466 e. The lowest BCUT2D eigenvalue weighted by molar-refractivity contribution is -0.159. The summed E-state index contributed by atoms with van der Waals surface area (Å²) < 4.78 is 29.4. The minimum atomic E-state index is -2.07. The Morgan fingerprint density at radius 3 is 2.33 bits per heavy atom. The summed E-state index contributed by atoms with van der Waals surface area (Å²) in [4.78, 5) is 41.6.